The third kappa shape index (κ3) is 4.37. The molecule has 88 valence electrons. The van der Waals surface area contributed by atoms with Crippen LogP contribution in [-0.2, 0) is 0 Å². The molecule has 16 heavy (non-hydrogen) atoms. The number of alkyl halides is 2. The van der Waals surface area contributed by atoms with Crippen LogP contribution in [0.25, 0.3) is 0 Å². The van der Waals surface area contributed by atoms with Gasteiger partial charge in [-0.3, -0.25) is 9.69 Å². The Morgan fingerprint density at radius 1 is 1.50 bits per heavy atom. The molecule has 0 aliphatic carbocycles. The van der Waals surface area contributed by atoms with E-state index < -0.39 is 6.43 Å². The number of halogens is 3. The third-order valence-corrected chi connectivity index (χ3v) is 2.50. The second-order valence-corrected chi connectivity index (χ2v) is 4.44. The monoisotopic (exact) mass is 291 g/mol. The number of benzene rings is 1. The third-order valence-electron chi connectivity index (χ3n) is 2.01. The number of nitrogens with zero attached hydrogens (tertiary/aromatic N) is 1. The first-order valence-electron chi connectivity index (χ1n) is 4.74. The zero-order valence-electron chi connectivity index (χ0n) is 8.79. The van der Waals surface area contributed by atoms with Crippen molar-refractivity contribution in [2.24, 2.45) is 0 Å². The number of hydrogen-bond donors (Lipinski definition) is 0. The Labute approximate surface area is 101 Å². The Hall–Kier alpha value is -0.810. The second kappa shape index (κ2) is 6.06. The fourth-order valence-electron chi connectivity index (χ4n) is 1.30. The van der Waals surface area contributed by atoms with Gasteiger partial charge in [-0.2, -0.15) is 0 Å². The van der Waals surface area contributed by atoms with E-state index in [0.29, 0.717) is 5.56 Å². The number of hydrogen-bond acceptors (Lipinski definition) is 2. The van der Waals surface area contributed by atoms with Crippen LogP contribution in [0.1, 0.15) is 10.4 Å². The van der Waals surface area contributed by atoms with Crippen molar-refractivity contribution >= 4 is 21.7 Å². The van der Waals surface area contributed by atoms with Crippen LogP contribution in [-0.4, -0.2) is 37.2 Å². The number of likely N-dealkylation sites (N-methyl/N-ethyl adjacent to an activating group) is 1. The minimum absolute atomic E-state index is 0.000787. The van der Waals surface area contributed by atoms with Crippen LogP contribution in [0.2, 0.25) is 0 Å². The highest BCUT2D eigenvalue weighted by atomic mass is 79.9. The minimum atomic E-state index is -2.42. The first kappa shape index (κ1) is 13.3. The molecule has 0 saturated carbocycles. The molecule has 0 atom stereocenters. The molecular formula is C11H12BrF2NO. The van der Waals surface area contributed by atoms with Crippen LogP contribution in [0.5, 0.6) is 0 Å². The molecule has 0 aliphatic rings. The van der Waals surface area contributed by atoms with Gasteiger partial charge in [-0.25, -0.2) is 8.78 Å². The lowest BCUT2D eigenvalue weighted by atomic mass is 10.1. The molecule has 0 bridgehead atoms. The van der Waals surface area contributed by atoms with Gasteiger partial charge in [0, 0.05) is 10.0 Å². The van der Waals surface area contributed by atoms with Crippen LogP contribution in [0.15, 0.2) is 28.7 Å². The van der Waals surface area contributed by atoms with Crippen molar-refractivity contribution in [3.05, 3.63) is 34.3 Å². The lowest BCUT2D eigenvalue weighted by Crippen LogP contribution is -2.30. The van der Waals surface area contributed by atoms with Crippen LogP contribution in [0, 0.1) is 0 Å². The summed E-state index contributed by atoms with van der Waals surface area (Å²) >= 11 is 3.25. The van der Waals surface area contributed by atoms with Crippen molar-refractivity contribution in [3.8, 4) is 0 Å². The molecule has 0 saturated heterocycles. The maximum absolute atomic E-state index is 12.0. The molecule has 0 fully saturated rings. The molecule has 1 aromatic carbocycles. The normalized spacial score (nSPS) is 11.1. The summed E-state index contributed by atoms with van der Waals surface area (Å²) in [5, 5.41) is 0. The second-order valence-electron chi connectivity index (χ2n) is 3.52. The Morgan fingerprint density at radius 2 is 2.19 bits per heavy atom. The van der Waals surface area contributed by atoms with Crippen LogP contribution in [0.4, 0.5) is 8.78 Å². The summed E-state index contributed by atoms with van der Waals surface area (Å²) in [7, 11) is 1.50. The maximum Gasteiger partial charge on any atom is 0.251 e. The van der Waals surface area contributed by atoms with E-state index in [1.807, 2.05) is 0 Å². The summed E-state index contributed by atoms with van der Waals surface area (Å²) in [4.78, 5) is 13.0. The topological polar surface area (TPSA) is 20.3 Å². The summed E-state index contributed by atoms with van der Waals surface area (Å²) in [6, 6.07) is 6.89. The molecule has 0 spiro atoms. The molecule has 0 N–H and O–H groups in total. The average molecular weight is 292 g/mol. The van der Waals surface area contributed by atoms with E-state index in [1.54, 1.807) is 24.3 Å². The summed E-state index contributed by atoms with van der Waals surface area (Å²) < 4.78 is 24.9. The predicted molar refractivity (Wildman–Crippen MR) is 62.0 cm³/mol. The molecule has 0 amide bonds. The summed E-state index contributed by atoms with van der Waals surface area (Å²) in [5.74, 6) is -0.163. The quantitative estimate of drug-likeness (QED) is 0.778. The number of carbonyl (C=O) groups is 1. The molecule has 0 radical (unpaired) electrons. The fraction of sp³-hybridized carbons (Fsp3) is 0.364. The molecular weight excluding hydrogens is 280 g/mol. The van der Waals surface area contributed by atoms with Crippen molar-refractivity contribution in [2.45, 2.75) is 6.43 Å². The molecule has 1 aromatic rings. The van der Waals surface area contributed by atoms with Crippen molar-refractivity contribution < 1.29 is 13.6 Å². The van der Waals surface area contributed by atoms with Crippen LogP contribution < -0.4 is 0 Å². The van der Waals surface area contributed by atoms with E-state index in [0.717, 1.165) is 4.47 Å². The highest BCUT2D eigenvalue weighted by molar-refractivity contribution is 9.10. The maximum atomic E-state index is 12.0. The van der Waals surface area contributed by atoms with Gasteiger partial charge in [-0.1, -0.05) is 28.1 Å². The van der Waals surface area contributed by atoms with E-state index in [-0.39, 0.29) is 18.9 Å². The first-order valence-corrected chi connectivity index (χ1v) is 5.54. The Kier molecular flexibility index (Phi) is 5.02. The Morgan fingerprint density at radius 3 is 2.75 bits per heavy atom. The number of ketones is 1. The van der Waals surface area contributed by atoms with Gasteiger partial charge in [0.05, 0.1) is 13.1 Å². The van der Waals surface area contributed by atoms with Gasteiger partial charge in [0.15, 0.2) is 5.78 Å². The fourth-order valence-corrected chi connectivity index (χ4v) is 1.70. The standard InChI is InChI=1S/C11H12BrF2NO/c1-15(7-11(13)14)6-10(16)8-3-2-4-9(12)5-8/h2-5,11H,6-7H2,1H3. The van der Waals surface area contributed by atoms with E-state index in [1.165, 1.54) is 11.9 Å². The molecule has 0 aliphatic heterocycles. The molecule has 2 nitrogen and oxygen atoms in total. The average Bonchev–Trinajstić information content (AvgIpc) is 2.16. The van der Waals surface area contributed by atoms with Crippen LogP contribution >= 0.6 is 15.9 Å². The van der Waals surface area contributed by atoms with Crippen molar-refractivity contribution in [1.29, 1.82) is 0 Å². The van der Waals surface area contributed by atoms with Gasteiger partial charge in [-0.05, 0) is 19.2 Å². The highest BCUT2D eigenvalue weighted by Gasteiger charge is 2.13. The molecule has 0 heterocycles. The van der Waals surface area contributed by atoms with Gasteiger partial charge in [0.2, 0.25) is 0 Å². The zero-order valence-corrected chi connectivity index (χ0v) is 10.4. The molecule has 5 heteroatoms. The number of Topliss-reactive ketones (excluding diaryl/α,β-unsaturated/α-hetero) is 1. The van der Waals surface area contributed by atoms with Crippen molar-refractivity contribution in [2.75, 3.05) is 20.1 Å². The first-order chi connectivity index (χ1) is 7.49. The molecule has 1 rings (SSSR count). The van der Waals surface area contributed by atoms with Crippen molar-refractivity contribution in [3.63, 3.8) is 0 Å². The lowest BCUT2D eigenvalue weighted by Gasteiger charge is -2.14. The minimum Gasteiger partial charge on any atom is -0.293 e. The number of rotatable bonds is 5. The smallest absolute Gasteiger partial charge is 0.251 e. The lowest BCUT2D eigenvalue weighted by molar-refractivity contribution is 0.0820. The van der Waals surface area contributed by atoms with Gasteiger partial charge >= 0.3 is 0 Å². The van der Waals surface area contributed by atoms with Gasteiger partial charge in [0.1, 0.15) is 0 Å². The van der Waals surface area contributed by atoms with Crippen molar-refractivity contribution in [1.82, 2.24) is 4.90 Å². The van der Waals surface area contributed by atoms with E-state index >= 15 is 0 Å². The van der Waals surface area contributed by atoms with Gasteiger partial charge in [-0.15, -0.1) is 0 Å². The number of carbonyl (C=O) groups excluding carboxylic acids is 1. The summed E-state index contributed by atoms with van der Waals surface area (Å²) in [5.41, 5.74) is 0.524. The van der Waals surface area contributed by atoms with Gasteiger partial charge < -0.3 is 0 Å². The van der Waals surface area contributed by atoms with E-state index in [9.17, 15) is 13.6 Å². The Balaban J connectivity index is 2.59. The SMILES string of the molecule is CN(CC(=O)c1cccc(Br)c1)CC(F)F. The highest BCUT2D eigenvalue weighted by Crippen LogP contribution is 2.12. The van der Waals surface area contributed by atoms with Crippen LogP contribution in [0.3, 0.4) is 0 Å². The largest absolute Gasteiger partial charge is 0.293 e. The van der Waals surface area contributed by atoms with Gasteiger partial charge in [0.25, 0.3) is 6.43 Å². The van der Waals surface area contributed by atoms with E-state index in [4.69, 9.17) is 0 Å². The Bertz CT molecular complexity index is 371. The predicted octanol–water partition coefficient (Wildman–Crippen LogP) is 2.83. The van der Waals surface area contributed by atoms with E-state index in [2.05, 4.69) is 15.9 Å². The summed E-state index contributed by atoms with van der Waals surface area (Å²) in [6.45, 7) is -0.388. The molecule has 0 aromatic heterocycles. The zero-order chi connectivity index (χ0) is 12.1. The molecule has 0 unspecified atom stereocenters. The summed E-state index contributed by atoms with van der Waals surface area (Å²) in [6.07, 6.45) is -2.42.